The van der Waals surface area contributed by atoms with E-state index in [1.54, 1.807) is 18.2 Å². The van der Waals surface area contributed by atoms with Crippen molar-refractivity contribution in [3.8, 4) is 17.6 Å². The fourth-order valence-electron chi connectivity index (χ4n) is 3.15. The van der Waals surface area contributed by atoms with E-state index in [1.807, 2.05) is 6.07 Å². The molecule has 0 aliphatic heterocycles. The van der Waals surface area contributed by atoms with Crippen LogP contribution in [-0.2, 0) is 12.5 Å². The first-order chi connectivity index (χ1) is 14.9. The number of fused-ring (bicyclic) bond motifs is 1. The summed E-state index contributed by atoms with van der Waals surface area (Å²) in [5, 5.41) is 19.7. The topological polar surface area (TPSA) is 119 Å². The maximum atomic E-state index is 15.2. The van der Waals surface area contributed by atoms with Crippen LogP contribution in [0.15, 0.2) is 47.1 Å². The number of alkyl halides is 2. The van der Waals surface area contributed by atoms with E-state index in [0.717, 1.165) is 0 Å². The van der Waals surface area contributed by atoms with Gasteiger partial charge in [-0.2, -0.15) is 14.0 Å². The third kappa shape index (κ3) is 4.13. The van der Waals surface area contributed by atoms with Gasteiger partial charge in [0.15, 0.2) is 11.5 Å². The number of benzene rings is 2. The Morgan fingerprint density at radius 2 is 1.97 bits per heavy atom. The summed E-state index contributed by atoms with van der Waals surface area (Å²) in [6.45, 7) is -0.430. The number of nitrogens with one attached hydrogen (secondary N) is 1. The van der Waals surface area contributed by atoms with Gasteiger partial charge in [-0.05, 0) is 40.6 Å². The zero-order chi connectivity index (χ0) is 22.0. The SMILES string of the molecule is N#CCCNc1nonc1-c1nc2cc(Cl)ccc2n1CC(F)(F)c1ccc(N)cc1. The van der Waals surface area contributed by atoms with Gasteiger partial charge >= 0.3 is 0 Å². The molecule has 31 heavy (non-hydrogen) atoms. The Morgan fingerprint density at radius 3 is 2.71 bits per heavy atom. The molecule has 0 fully saturated rings. The van der Waals surface area contributed by atoms with Crippen molar-refractivity contribution >= 4 is 34.1 Å². The van der Waals surface area contributed by atoms with E-state index in [1.165, 1.54) is 28.8 Å². The average molecular weight is 444 g/mol. The van der Waals surface area contributed by atoms with Gasteiger partial charge in [0.05, 0.1) is 30.1 Å². The first kappa shape index (κ1) is 20.6. The van der Waals surface area contributed by atoms with E-state index in [9.17, 15) is 0 Å². The number of nitrogens with two attached hydrogens (primary N) is 1. The zero-order valence-electron chi connectivity index (χ0n) is 16.0. The summed E-state index contributed by atoms with van der Waals surface area (Å²) in [5.74, 6) is -2.90. The molecule has 0 spiro atoms. The minimum absolute atomic E-state index is 0.132. The smallest absolute Gasteiger partial charge is 0.290 e. The van der Waals surface area contributed by atoms with Gasteiger partial charge in [-0.15, -0.1) is 0 Å². The summed E-state index contributed by atoms with van der Waals surface area (Å²) in [4.78, 5) is 4.45. The standard InChI is InChI=1S/C20H16ClF2N7O/c21-13-4-7-16-15(10-13)27-19(17-18(29-31-28-17)26-9-1-8-24)30(16)11-20(22,23)12-2-5-14(25)6-3-12/h2-7,10H,1,9,11,25H2,(H,26,29). The van der Waals surface area contributed by atoms with Crippen molar-refractivity contribution < 1.29 is 13.4 Å². The number of imidazole rings is 1. The van der Waals surface area contributed by atoms with E-state index in [0.29, 0.717) is 21.7 Å². The number of aromatic nitrogens is 4. The second kappa shape index (κ2) is 8.20. The highest BCUT2D eigenvalue weighted by Crippen LogP contribution is 2.36. The van der Waals surface area contributed by atoms with Crippen molar-refractivity contribution in [1.29, 1.82) is 5.26 Å². The summed E-state index contributed by atoms with van der Waals surface area (Å²) in [6.07, 6.45) is 0.216. The molecule has 0 atom stereocenters. The van der Waals surface area contributed by atoms with Gasteiger partial charge in [0.2, 0.25) is 5.82 Å². The van der Waals surface area contributed by atoms with Gasteiger partial charge in [-0.1, -0.05) is 23.7 Å². The van der Waals surface area contributed by atoms with Crippen molar-refractivity contribution in [1.82, 2.24) is 19.9 Å². The van der Waals surface area contributed by atoms with Crippen molar-refractivity contribution in [2.75, 3.05) is 17.6 Å². The minimum atomic E-state index is -3.23. The molecule has 2 heterocycles. The number of nitrogens with zero attached hydrogens (tertiary/aromatic N) is 5. The highest BCUT2D eigenvalue weighted by molar-refractivity contribution is 6.31. The molecule has 158 valence electrons. The van der Waals surface area contributed by atoms with Crippen LogP contribution in [0.1, 0.15) is 12.0 Å². The van der Waals surface area contributed by atoms with Crippen molar-refractivity contribution in [2.45, 2.75) is 18.9 Å². The number of nitriles is 1. The number of anilines is 2. The summed E-state index contributed by atoms with van der Waals surface area (Å²) in [6, 6.07) is 12.2. The summed E-state index contributed by atoms with van der Waals surface area (Å²) in [5.41, 5.74) is 6.85. The largest absolute Gasteiger partial charge is 0.399 e. The predicted octanol–water partition coefficient (Wildman–Crippen LogP) is 4.44. The molecule has 2 aromatic heterocycles. The molecule has 0 aliphatic rings. The second-order valence-electron chi connectivity index (χ2n) is 6.78. The Bertz CT molecular complexity index is 1260. The van der Waals surface area contributed by atoms with Crippen LogP contribution in [0.3, 0.4) is 0 Å². The fraction of sp³-hybridized carbons (Fsp3) is 0.200. The van der Waals surface area contributed by atoms with Gasteiger partial charge in [0.25, 0.3) is 5.92 Å². The Balaban J connectivity index is 1.80. The molecule has 0 saturated carbocycles. The Morgan fingerprint density at radius 1 is 1.19 bits per heavy atom. The van der Waals surface area contributed by atoms with Crippen molar-refractivity contribution in [2.24, 2.45) is 0 Å². The fourth-order valence-corrected chi connectivity index (χ4v) is 3.31. The normalized spacial score (nSPS) is 11.5. The molecule has 2 aromatic carbocycles. The molecule has 0 bridgehead atoms. The molecular formula is C20H16ClF2N7O. The minimum Gasteiger partial charge on any atom is -0.399 e. The van der Waals surface area contributed by atoms with Gasteiger partial charge in [0.1, 0.15) is 0 Å². The van der Waals surface area contributed by atoms with Crippen molar-refractivity contribution in [3.63, 3.8) is 0 Å². The van der Waals surface area contributed by atoms with E-state index in [-0.39, 0.29) is 35.9 Å². The maximum Gasteiger partial charge on any atom is 0.290 e. The summed E-state index contributed by atoms with van der Waals surface area (Å²) < 4.78 is 36.6. The molecule has 0 saturated heterocycles. The number of hydrogen-bond acceptors (Lipinski definition) is 7. The molecule has 3 N–H and O–H groups in total. The Kier molecular flexibility index (Phi) is 5.44. The number of nitrogen functional groups attached to an aromatic ring is 1. The molecule has 0 aliphatic carbocycles. The van der Waals surface area contributed by atoms with Crippen LogP contribution in [0.4, 0.5) is 20.3 Å². The lowest BCUT2D eigenvalue weighted by molar-refractivity contribution is -0.0208. The number of rotatable bonds is 7. The molecular weight excluding hydrogens is 428 g/mol. The molecule has 4 aromatic rings. The van der Waals surface area contributed by atoms with Crippen molar-refractivity contribution in [3.05, 3.63) is 53.1 Å². The maximum absolute atomic E-state index is 15.2. The van der Waals surface area contributed by atoms with Gasteiger partial charge in [0, 0.05) is 22.8 Å². The molecule has 0 amide bonds. The van der Waals surface area contributed by atoms with Gasteiger partial charge in [-0.3, -0.25) is 0 Å². The van der Waals surface area contributed by atoms with Crippen LogP contribution >= 0.6 is 11.6 Å². The van der Waals surface area contributed by atoms with Gasteiger partial charge < -0.3 is 15.6 Å². The lowest BCUT2D eigenvalue weighted by Gasteiger charge is -2.19. The first-order valence-electron chi connectivity index (χ1n) is 9.22. The highest BCUT2D eigenvalue weighted by atomic mass is 35.5. The molecule has 0 radical (unpaired) electrons. The average Bonchev–Trinajstić information content (AvgIpc) is 3.32. The van der Waals surface area contributed by atoms with Crippen LogP contribution in [-0.4, -0.2) is 26.4 Å². The van der Waals surface area contributed by atoms with E-state index >= 15 is 8.78 Å². The summed E-state index contributed by atoms with van der Waals surface area (Å²) in [7, 11) is 0. The predicted molar refractivity (Wildman–Crippen MR) is 112 cm³/mol. The van der Waals surface area contributed by atoms with Crippen LogP contribution < -0.4 is 11.1 Å². The Hall–Kier alpha value is -3.71. The lowest BCUT2D eigenvalue weighted by atomic mass is 10.1. The molecule has 0 unspecified atom stereocenters. The van der Waals surface area contributed by atoms with Crippen LogP contribution in [0, 0.1) is 11.3 Å². The monoisotopic (exact) mass is 443 g/mol. The highest BCUT2D eigenvalue weighted by Gasteiger charge is 2.35. The van der Waals surface area contributed by atoms with Crippen LogP contribution in [0.25, 0.3) is 22.6 Å². The van der Waals surface area contributed by atoms with Crippen LogP contribution in [0.2, 0.25) is 5.02 Å². The Labute approximate surface area is 180 Å². The molecule has 4 rings (SSSR count). The molecule has 11 heteroatoms. The van der Waals surface area contributed by atoms with Crippen LogP contribution in [0.5, 0.6) is 0 Å². The summed E-state index contributed by atoms with van der Waals surface area (Å²) >= 11 is 6.07. The van der Waals surface area contributed by atoms with E-state index in [4.69, 9.17) is 27.2 Å². The third-order valence-corrected chi connectivity index (χ3v) is 4.86. The lowest BCUT2D eigenvalue weighted by Crippen LogP contribution is -2.22. The van der Waals surface area contributed by atoms with E-state index < -0.39 is 12.5 Å². The first-order valence-corrected chi connectivity index (χ1v) is 9.60. The number of hydrogen-bond donors (Lipinski definition) is 2. The number of halogens is 3. The second-order valence-corrected chi connectivity index (χ2v) is 7.21. The van der Waals surface area contributed by atoms with Gasteiger partial charge in [-0.25, -0.2) is 9.61 Å². The molecule has 8 nitrogen and oxygen atoms in total. The van der Waals surface area contributed by atoms with E-state index in [2.05, 4.69) is 20.6 Å². The quantitative estimate of drug-likeness (QED) is 0.320. The zero-order valence-corrected chi connectivity index (χ0v) is 16.8. The third-order valence-electron chi connectivity index (χ3n) is 4.63.